The van der Waals surface area contributed by atoms with Gasteiger partial charge in [-0.05, 0) is 24.6 Å². The predicted octanol–water partition coefficient (Wildman–Crippen LogP) is 3.30. The summed E-state index contributed by atoms with van der Waals surface area (Å²) in [6.45, 7) is 1.62. The van der Waals surface area contributed by atoms with Crippen molar-refractivity contribution >= 4 is 50.5 Å². The van der Waals surface area contributed by atoms with E-state index in [4.69, 9.17) is 16.7 Å². The van der Waals surface area contributed by atoms with Gasteiger partial charge in [-0.25, -0.2) is 9.78 Å². The molecule has 0 fully saturated rings. The zero-order valence-corrected chi connectivity index (χ0v) is 13.2. The number of aryl methyl sites for hydroxylation is 1. The van der Waals surface area contributed by atoms with Gasteiger partial charge in [0.15, 0.2) is 0 Å². The van der Waals surface area contributed by atoms with Gasteiger partial charge in [-0.15, -0.1) is 22.7 Å². The SMILES string of the molecule is Cc1c(C(=O)O)sc2nc(Cc3ccc(Cl)s3)[nH]c(=O)c12. The van der Waals surface area contributed by atoms with Gasteiger partial charge in [0, 0.05) is 11.3 Å². The molecule has 3 rings (SSSR count). The molecular weight excluding hydrogens is 332 g/mol. The van der Waals surface area contributed by atoms with E-state index in [-0.39, 0.29) is 10.4 Å². The molecular formula is C13H9ClN2O3S2. The first-order valence-corrected chi connectivity index (χ1v) is 7.96. The van der Waals surface area contributed by atoms with Crippen molar-refractivity contribution < 1.29 is 9.90 Å². The van der Waals surface area contributed by atoms with Crippen LogP contribution < -0.4 is 5.56 Å². The highest BCUT2D eigenvalue weighted by molar-refractivity contribution is 7.20. The fraction of sp³-hybridized carbons (Fsp3) is 0.154. The number of aromatic nitrogens is 2. The molecule has 3 aromatic heterocycles. The van der Waals surface area contributed by atoms with E-state index in [2.05, 4.69) is 9.97 Å². The molecule has 2 N–H and O–H groups in total. The molecule has 0 amide bonds. The van der Waals surface area contributed by atoms with Gasteiger partial charge in [0.25, 0.3) is 5.56 Å². The second-order valence-corrected chi connectivity index (χ2v) is 7.24. The molecule has 0 saturated heterocycles. The zero-order valence-electron chi connectivity index (χ0n) is 10.8. The molecule has 0 atom stereocenters. The van der Waals surface area contributed by atoms with Crippen molar-refractivity contribution in [3.8, 4) is 0 Å². The molecule has 3 heterocycles. The number of fused-ring (bicyclic) bond motifs is 1. The molecule has 8 heteroatoms. The average Bonchev–Trinajstić information content (AvgIpc) is 2.94. The number of carbonyl (C=O) groups is 1. The van der Waals surface area contributed by atoms with E-state index in [9.17, 15) is 9.59 Å². The van der Waals surface area contributed by atoms with Crippen LogP contribution in [0.2, 0.25) is 4.34 Å². The minimum Gasteiger partial charge on any atom is -0.477 e. The Bertz CT molecular complexity index is 910. The number of aromatic carboxylic acids is 1. The number of thiophene rings is 2. The number of aromatic amines is 1. The van der Waals surface area contributed by atoms with Gasteiger partial charge in [0.2, 0.25) is 0 Å². The first-order valence-electron chi connectivity index (χ1n) is 5.95. The Labute approximate surface area is 131 Å². The second-order valence-electron chi connectivity index (χ2n) is 4.44. The number of carboxylic acid groups (broad SMARTS) is 1. The fourth-order valence-electron chi connectivity index (χ4n) is 2.09. The number of halogens is 1. The van der Waals surface area contributed by atoms with Crippen LogP contribution in [0.3, 0.4) is 0 Å². The molecule has 0 bridgehead atoms. The summed E-state index contributed by atoms with van der Waals surface area (Å²) < 4.78 is 0.675. The molecule has 0 aromatic carbocycles. The maximum Gasteiger partial charge on any atom is 0.346 e. The zero-order chi connectivity index (χ0) is 15.1. The van der Waals surface area contributed by atoms with Crippen LogP contribution in [0.5, 0.6) is 0 Å². The van der Waals surface area contributed by atoms with Crippen LogP contribution in [0.1, 0.15) is 25.9 Å². The summed E-state index contributed by atoms with van der Waals surface area (Å²) in [7, 11) is 0. The fourth-order valence-corrected chi connectivity index (χ4v) is 4.22. The molecule has 21 heavy (non-hydrogen) atoms. The van der Waals surface area contributed by atoms with Gasteiger partial charge in [-0.1, -0.05) is 11.6 Å². The van der Waals surface area contributed by atoms with Crippen molar-refractivity contribution in [2.45, 2.75) is 13.3 Å². The second kappa shape index (κ2) is 5.25. The Hall–Kier alpha value is -1.70. The number of nitrogens with zero attached hydrogens (tertiary/aromatic N) is 1. The van der Waals surface area contributed by atoms with E-state index in [0.29, 0.717) is 32.4 Å². The van der Waals surface area contributed by atoms with Gasteiger partial charge >= 0.3 is 5.97 Å². The molecule has 0 spiro atoms. The van der Waals surface area contributed by atoms with Crippen molar-refractivity contribution in [2.24, 2.45) is 0 Å². The molecule has 5 nitrogen and oxygen atoms in total. The smallest absolute Gasteiger partial charge is 0.346 e. The monoisotopic (exact) mass is 340 g/mol. The predicted molar refractivity (Wildman–Crippen MR) is 84.1 cm³/mol. The Morgan fingerprint density at radius 1 is 1.43 bits per heavy atom. The Kier molecular flexibility index (Phi) is 3.56. The summed E-state index contributed by atoms with van der Waals surface area (Å²) in [4.78, 5) is 31.9. The van der Waals surface area contributed by atoms with E-state index in [0.717, 1.165) is 16.2 Å². The molecule has 0 saturated carbocycles. The minimum absolute atomic E-state index is 0.152. The van der Waals surface area contributed by atoms with E-state index in [1.807, 2.05) is 6.07 Å². The highest BCUT2D eigenvalue weighted by Crippen LogP contribution is 2.28. The molecule has 0 aliphatic carbocycles. The summed E-state index contributed by atoms with van der Waals surface area (Å²) in [6, 6.07) is 3.66. The van der Waals surface area contributed by atoms with E-state index in [1.165, 1.54) is 11.3 Å². The van der Waals surface area contributed by atoms with Crippen LogP contribution in [-0.2, 0) is 6.42 Å². The summed E-state index contributed by atoms with van der Waals surface area (Å²) >= 11 is 8.32. The molecule has 108 valence electrons. The largest absolute Gasteiger partial charge is 0.477 e. The van der Waals surface area contributed by atoms with E-state index < -0.39 is 5.97 Å². The standard InChI is InChI=1S/C13H9ClN2O3S2/c1-5-9-11(17)15-8(4-6-2-3-7(14)20-6)16-12(9)21-10(5)13(18)19/h2-3H,4H2,1H3,(H,18,19)(H,15,16,17). The van der Waals surface area contributed by atoms with Crippen LogP contribution in [0.15, 0.2) is 16.9 Å². The topological polar surface area (TPSA) is 83.0 Å². The van der Waals surface area contributed by atoms with E-state index in [1.54, 1.807) is 13.0 Å². The van der Waals surface area contributed by atoms with Crippen molar-refractivity contribution in [3.63, 3.8) is 0 Å². The van der Waals surface area contributed by atoms with Gasteiger partial charge in [-0.3, -0.25) is 4.79 Å². The number of hydrogen-bond donors (Lipinski definition) is 2. The van der Waals surface area contributed by atoms with Gasteiger partial charge in [0.1, 0.15) is 15.5 Å². The number of rotatable bonds is 3. The Morgan fingerprint density at radius 3 is 2.81 bits per heavy atom. The van der Waals surface area contributed by atoms with E-state index >= 15 is 0 Å². The van der Waals surface area contributed by atoms with Crippen LogP contribution in [0.25, 0.3) is 10.2 Å². The lowest BCUT2D eigenvalue weighted by Crippen LogP contribution is -2.11. The van der Waals surface area contributed by atoms with Crippen molar-refractivity contribution in [2.75, 3.05) is 0 Å². The number of H-pyrrole nitrogens is 1. The normalized spacial score (nSPS) is 11.1. The van der Waals surface area contributed by atoms with Crippen LogP contribution in [0.4, 0.5) is 0 Å². The minimum atomic E-state index is -1.04. The molecule has 0 unspecified atom stereocenters. The van der Waals surface area contributed by atoms with Crippen molar-refractivity contribution in [1.82, 2.24) is 9.97 Å². The first-order chi connectivity index (χ1) is 9.95. The molecule has 0 aliphatic rings. The molecule has 0 aliphatic heterocycles. The van der Waals surface area contributed by atoms with Crippen molar-refractivity contribution in [1.29, 1.82) is 0 Å². The average molecular weight is 341 g/mol. The number of nitrogens with one attached hydrogen (secondary N) is 1. The van der Waals surface area contributed by atoms with Gasteiger partial charge in [0.05, 0.1) is 9.72 Å². The third-order valence-electron chi connectivity index (χ3n) is 3.01. The number of carboxylic acids is 1. The maximum atomic E-state index is 12.1. The number of hydrogen-bond acceptors (Lipinski definition) is 5. The van der Waals surface area contributed by atoms with Crippen LogP contribution in [-0.4, -0.2) is 21.0 Å². The lowest BCUT2D eigenvalue weighted by molar-refractivity contribution is 0.0701. The summed E-state index contributed by atoms with van der Waals surface area (Å²) in [6.07, 6.45) is 0.460. The highest BCUT2D eigenvalue weighted by Gasteiger charge is 2.18. The van der Waals surface area contributed by atoms with Gasteiger partial charge in [-0.2, -0.15) is 0 Å². The van der Waals surface area contributed by atoms with Gasteiger partial charge < -0.3 is 10.1 Å². The first kappa shape index (κ1) is 14.2. The van der Waals surface area contributed by atoms with Crippen molar-refractivity contribution in [3.05, 3.63) is 48.0 Å². The summed E-state index contributed by atoms with van der Waals surface area (Å²) in [5.74, 6) is -0.536. The van der Waals surface area contributed by atoms with Crippen LogP contribution in [0, 0.1) is 6.92 Å². The van der Waals surface area contributed by atoms with Crippen LogP contribution >= 0.6 is 34.3 Å². The lowest BCUT2D eigenvalue weighted by Gasteiger charge is -1.98. The quantitative estimate of drug-likeness (QED) is 0.766. The third kappa shape index (κ3) is 2.59. The Morgan fingerprint density at radius 2 is 2.19 bits per heavy atom. The summed E-state index contributed by atoms with van der Waals surface area (Å²) in [5.41, 5.74) is 0.154. The lowest BCUT2D eigenvalue weighted by atomic mass is 10.2. The summed E-state index contributed by atoms with van der Waals surface area (Å²) in [5, 5.41) is 9.47. The molecule has 3 aromatic rings. The third-order valence-corrected chi connectivity index (χ3v) is 5.42. The molecule has 0 radical (unpaired) electrons. The maximum absolute atomic E-state index is 12.1. The Balaban J connectivity index is 2.10. The highest BCUT2D eigenvalue weighted by atomic mass is 35.5.